The topological polar surface area (TPSA) is 84.3 Å². The summed E-state index contributed by atoms with van der Waals surface area (Å²) in [7, 11) is 1.80. The van der Waals surface area contributed by atoms with Crippen molar-refractivity contribution in [3.63, 3.8) is 0 Å². The van der Waals surface area contributed by atoms with Crippen LogP contribution in [0.1, 0.15) is 42.5 Å². The standard InChI is InChI=1S/C21H18N4O3/c1-12-18(13(2)24(3)23-12)22-19(26)16-10-6-7-11-17(16)25-20(27)14-8-4-5-9-15(14)21(25)28/h4-11H,1-3H3,(H,22,26). The van der Waals surface area contributed by atoms with E-state index in [-0.39, 0.29) is 11.3 Å². The van der Waals surface area contributed by atoms with Crippen molar-refractivity contribution in [2.24, 2.45) is 7.05 Å². The first-order valence-electron chi connectivity index (χ1n) is 8.78. The van der Waals surface area contributed by atoms with Crippen LogP contribution in [0.2, 0.25) is 0 Å². The maximum absolute atomic E-state index is 13.0. The van der Waals surface area contributed by atoms with E-state index in [2.05, 4.69) is 10.4 Å². The lowest BCUT2D eigenvalue weighted by atomic mass is 10.1. The van der Waals surface area contributed by atoms with Gasteiger partial charge in [0.2, 0.25) is 0 Å². The summed E-state index contributed by atoms with van der Waals surface area (Å²) in [6, 6.07) is 13.2. The van der Waals surface area contributed by atoms with Crippen molar-refractivity contribution >= 4 is 29.1 Å². The molecular formula is C21H18N4O3. The van der Waals surface area contributed by atoms with E-state index in [1.54, 1.807) is 67.2 Å². The summed E-state index contributed by atoms with van der Waals surface area (Å²) in [5.74, 6) is -1.28. The fourth-order valence-corrected chi connectivity index (χ4v) is 3.40. The monoisotopic (exact) mass is 374 g/mol. The normalized spacial score (nSPS) is 13.0. The molecular weight excluding hydrogens is 356 g/mol. The van der Waals surface area contributed by atoms with Gasteiger partial charge in [0.15, 0.2) is 0 Å². The molecule has 28 heavy (non-hydrogen) atoms. The highest BCUT2D eigenvalue weighted by atomic mass is 16.2. The summed E-state index contributed by atoms with van der Waals surface area (Å²) in [6.45, 7) is 3.66. The minimum absolute atomic E-state index is 0.236. The molecule has 0 bridgehead atoms. The van der Waals surface area contributed by atoms with Crippen LogP contribution in [0.4, 0.5) is 11.4 Å². The molecule has 0 fully saturated rings. The first-order chi connectivity index (χ1) is 13.4. The average molecular weight is 374 g/mol. The predicted octanol–water partition coefficient (Wildman–Crippen LogP) is 3.09. The maximum atomic E-state index is 13.0. The molecule has 7 heteroatoms. The van der Waals surface area contributed by atoms with Crippen molar-refractivity contribution in [3.8, 4) is 0 Å². The molecule has 0 aliphatic carbocycles. The first-order valence-corrected chi connectivity index (χ1v) is 8.78. The minimum Gasteiger partial charge on any atom is -0.319 e. The van der Waals surface area contributed by atoms with Crippen molar-refractivity contribution in [2.75, 3.05) is 10.2 Å². The van der Waals surface area contributed by atoms with Gasteiger partial charge in [0.25, 0.3) is 17.7 Å². The number of benzene rings is 2. The van der Waals surface area contributed by atoms with Crippen molar-refractivity contribution in [2.45, 2.75) is 13.8 Å². The average Bonchev–Trinajstić information content (AvgIpc) is 3.09. The van der Waals surface area contributed by atoms with Crippen LogP contribution in [0.3, 0.4) is 0 Å². The SMILES string of the molecule is Cc1nn(C)c(C)c1NC(=O)c1ccccc1N1C(=O)c2ccccc2C1=O. The number of nitrogens with zero attached hydrogens (tertiary/aromatic N) is 3. The highest BCUT2D eigenvalue weighted by Crippen LogP contribution is 2.31. The molecule has 0 saturated carbocycles. The van der Waals surface area contributed by atoms with E-state index < -0.39 is 17.7 Å². The summed E-state index contributed by atoms with van der Waals surface area (Å²) in [5.41, 5.74) is 3.27. The van der Waals surface area contributed by atoms with Gasteiger partial charge in [-0.05, 0) is 38.1 Å². The molecule has 140 valence electrons. The summed E-state index contributed by atoms with van der Waals surface area (Å²) < 4.78 is 1.68. The Bertz CT molecular complexity index is 1110. The zero-order valence-electron chi connectivity index (χ0n) is 15.7. The Morgan fingerprint density at radius 1 is 0.929 bits per heavy atom. The van der Waals surface area contributed by atoms with Crippen LogP contribution in [0.25, 0.3) is 0 Å². The van der Waals surface area contributed by atoms with Gasteiger partial charge in [0.1, 0.15) is 0 Å². The van der Waals surface area contributed by atoms with E-state index in [0.717, 1.165) is 10.6 Å². The molecule has 0 atom stereocenters. The molecule has 1 aromatic heterocycles. The number of nitrogens with one attached hydrogen (secondary N) is 1. The number of carbonyl (C=O) groups is 3. The van der Waals surface area contributed by atoms with Gasteiger partial charge in [-0.2, -0.15) is 5.10 Å². The number of anilines is 2. The molecule has 1 aliphatic heterocycles. The van der Waals surface area contributed by atoms with Gasteiger partial charge >= 0.3 is 0 Å². The van der Waals surface area contributed by atoms with E-state index in [1.165, 1.54) is 0 Å². The van der Waals surface area contributed by atoms with Crippen molar-refractivity contribution in [1.82, 2.24) is 9.78 Å². The van der Waals surface area contributed by atoms with E-state index in [1.807, 2.05) is 6.92 Å². The summed E-state index contributed by atoms with van der Waals surface area (Å²) in [6.07, 6.45) is 0. The van der Waals surface area contributed by atoms with Crippen LogP contribution in [-0.4, -0.2) is 27.5 Å². The van der Waals surface area contributed by atoms with E-state index >= 15 is 0 Å². The minimum atomic E-state index is -0.436. The van der Waals surface area contributed by atoms with E-state index in [9.17, 15) is 14.4 Å². The van der Waals surface area contributed by atoms with Gasteiger partial charge in [-0.15, -0.1) is 0 Å². The molecule has 0 radical (unpaired) electrons. The smallest absolute Gasteiger partial charge is 0.266 e. The Labute approximate surface area is 161 Å². The molecule has 3 amide bonds. The molecule has 1 aliphatic rings. The zero-order chi connectivity index (χ0) is 20.0. The highest BCUT2D eigenvalue weighted by Gasteiger charge is 2.38. The maximum Gasteiger partial charge on any atom is 0.266 e. The third kappa shape index (κ3) is 2.60. The first kappa shape index (κ1) is 17.7. The largest absolute Gasteiger partial charge is 0.319 e. The quantitative estimate of drug-likeness (QED) is 0.714. The molecule has 4 rings (SSSR count). The molecule has 7 nitrogen and oxygen atoms in total. The number of carbonyl (C=O) groups excluding carboxylic acids is 3. The number of aryl methyl sites for hydroxylation is 2. The fourth-order valence-electron chi connectivity index (χ4n) is 3.40. The number of imide groups is 1. The molecule has 0 saturated heterocycles. The lowest BCUT2D eigenvalue weighted by Gasteiger charge is -2.18. The Morgan fingerprint density at radius 3 is 2.07 bits per heavy atom. The number of aromatic nitrogens is 2. The summed E-state index contributed by atoms with van der Waals surface area (Å²) in [4.78, 5) is 39.7. The third-order valence-corrected chi connectivity index (χ3v) is 4.93. The van der Waals surface area contributed by atoms with Crippen molar-refractivity contribution in [3.05, 3.63) is 76.6 Å². The highest BCUT2D eigenvalue weighted by molar-refractivity contribution is 6.35. The molecule has 0 spiro atoms. The van der Waals surface area contributed by atoms with Crippen LogP contribution in [0.15, 0.2) is 48.5 Å². The number of hydrogen-bond donors (Lipinski definition) is 1. The van der Waals surface area contributed by atoms with E-state index in [4.69, 9.17) is 0 Å². The van der Waals surface area contributed by atoms with Crippen LogP contribution in [0, 0.1) is 13.8 Å². The van der Waals surface area contributed by atoms with Gasteiger partial charge < -0.3 is 5.32 Å². The van der Waals surface area contributed by atoms with Crippen LogP contribution in [-0.2, 0) is 7.05 Å². The van der Waals surface area contributed by atoms with Gasteiger partial charge in [-0.1, -0.05) is 24.3 Å². The molecule has 3 aromatic rings. The Hall–Kier alpha value is -3.74. The van der Waals surface area contributed by atoms with Crippen LogP contribution < -0.4 is 10.2 Å². The van der Waals surface area contributed by atoms with Crippen LogP contribution >= 0.6 is 0 Å². The Morgan fingerprint density at radius 2 is 1.50 bits per heavy atom. The van der Waals surface area contributed by atoms with Gasteiger partial charge in [-0.3, -0.25) is 19.1 Å². The third-order valence-electron chi connectivity index (χ3n) is 4.93. The predicted molar refractivity (Wildman–Crippen MR) is 105 cm³/mol. The second kappa shape index (κ2) is 6.45. The van der Waals surface area contributed by atoms with Gasteiger partial charge in [0.05, 0.1) is 39.5 Å². The second-order valence-corrected chi connectivity index (χ2v) is 6.63. The summed E-state index contributed by atoms with van der Waals surface area (Å²) >= 11 is 0. The fraction of sp³-hybridized carbons (Fsp3) is 0.143. The second-order valence-electron chi connectivity index (χ2n) is 6.63. The zero-order valence-corrected chi connectivity index (χ0v) is 15.7. The van der Waals surface area contributed by atoms with Crippen LogP contribution in [0.5, 0.6) is 0 Å². The molecule has 2 heterocycles. The summed E-state index contributed by atoms with van der Waals surface area (Å²) in [5, 5.41) is 7.15. The lowest BCUT2D eigenvalue weighted by molar-refractivity contribution is 0.0926. The molecule has 2 aromatic carbocycles. The van der Waals surface area contributed by atoms with E-state index in [0.29, 0.717) is 22.5 Å². The van der Waals surface area contributed by atoms with Gasteiger partial charge in [0, 0.05) is 7.05 Å². The molecule has 0 unspecified atom stereocenters. The van der Waals surface area contributed by atoms with Crippen molar-refractivity contribution in [1.29, 1.82) is 0 Å². The lowest BCUT2D eigenvalue weighted by Crippen LogP contribution is -2.31. The van der Waals surface area contributed by atoms with Gasteiger partial charge in [-0.25, -0.2) is 4.90 Å². The van der Waals surface area contributed by atoms with Crippen molar-refractivity contribution < 1.29 is 14.4 Å². The Kier molecular flexibility index (Phi) is 4.07. The molecule has 1 N–H and O–H groups in total. The number of amides is 3. The number of rotatable bonds is 3. The Balaban J connectivity index is 1.73. The number of hydrogen-bond acceptors (Lipinski definition) is 4. The number of para-hydroxylation sites is 1. The number of fused-ring (bicyclic) bond motifs is 1.